The molecule has 1 N–H and O–H groups in total. The Morgan fingerprint density at radius 2 is 2.04 bits per heavy atom. The Morgan fingerprint density at radius 3 is 2.71 bits per heavy atom. The molecule has 2 aromatic heterocycles. The lowest BCUT2D eigenvalue weighted by atomic mass is 10.2. The van der Waals surface area contributed by atoms with Gasteiger partial charge in [-0.05, 0) is 30.7 Å². The van der Waals surface area contributed by atoms with E-state index < -0.39 is 6.09 Å². The Bertz CT molecular complexity index is 972. The molecule has 3 rings (SSSR count). The fourth-order valence-electron chi connectivity index (χ4n) is 2.74. The first-order valence-corrected chi connectivity index (χ1v) is 8.76. The van der Waals surface area contributed by atoms with E-state index in [1.54, 1.807) is 32.5 Å². The highest BCUT2D eigenvalue weighted by molar-refractivity contribution is 5.85. The first-order chi connectivity index (χ1) is 13.5. The SMILES string of the molecule is CCCN(C(=O)O)c1cn2nc(OCc3cc(OC)ccc3OC)ccc2n1. The Kier molecular flexibility index (Phi) is 5.83. The molecule has 0 fully saturated rings. The van der Waals surface area contributed by atoms with E-state index in [2.05, 4.69) is 10.1 Å². The van der Waals surface area contributed by atoms with Gasteiger partial charge in [0.25, 0.3) is 0 Å². The highest BCUT2D eigenvalue weighted by Gasteiger charge is 2.17. The molecule has 0 spiro atoms. The molecule has 0 aliphatic carbocycles. The molecule has 0 aliphatic rings. The fourth-order valence-corrected chi connectivity index (χ4v) is 2.74. The van der Waals surface area contributed by atoms with Gasteiger partial charge in [0.15, 0.2) is 11.5 Å². The van der Waals surface area contributed by atoms with Gasteiger partial charge in [0.1, 0.15) is 18.1 Å². The second-order valence-electron chi connectivity index (χ2n) is 5.97. The average molecular weight is 386 g/mol. The summed E-state index contributed by atoms with van der Waals surface area (Å²) in [4.78, 5) is 16.9. The molecule has 148 valence electrons. The molecule has 0 atom stereocenters. The van der Waals surface area contributed by atoms with Gasteiger partial charge in [-0.25, -0.2) is 14.3 Å². The third-order valence-electron chi connectivity index (χ3n) is 4.10. The summed E-state index contributed by atoms with van der Waals surface area (Å²) < 4.78 is 17.9. The highest BCUT2D eigenvalue weighted by atomic mass is 16.5. The monoisotopic (exact) mass is 386 g/mol. The van der Waals surface area contributed by atoms with Crippen LogP contribution in [0.15, 0.2) is 36.5 Å². The van der Waals surface area contributed by atoms with E-state index >= 15 is 0 Å². The molecule has 9 nitrogen and oxygen atoms in total. The number of hydrogen-bond acceptors (Lipinski definition) is 6. The van der Waals surface area contributed by atoms with Crippen LogP contribution in [0.3, 0.4) is 0 Å². The lowest BCUT2D eigenvalue weighted by Gasteiger charge is -2.14. The average Bonchev–Trinajstić information content (AvgIpc) is 3.12. The molecule has 0 bridgehead atoms. The van der Waals surface area contributed by atoms with Crippen LogP contribution in [0.5, 0.6) is 17.4 Å². The van der Waals surface area contributed by atoms with Gasteiger partial charge in [-0.15, -0.1) is 5.10 Å². The van der Waals surface area contributed by atoms with E-state index in [4.69, 9.17) is 14.2 Å². The zero-order valence-corrected chi connectivity index (χ0v) is 16.0. The number of hydrogen-bond donors (Lipinski definition) is 1. The minimum Gasteiger partial charge on any atom is -0.497 e. The number of rotatable bonds is 8. The zero-order valence-electron chi connectivity index (χ0n) is 16.0. The number of carbonyl (C=O) groups is 1. The summed E-state index contributed by atoms with van der Waals surface area (Å²) in [7, 11) is 3.19. The van der Waals surface area contributed by atoms with E-state index in [0.29, 0.717) is 41.8 Å². The van der Waals surface area contributed by atoms with E-state index in [1.165, 1.54) is 9.42 Å². The molecule has 9 heteroatoms. The third-order valence-corrected chi connectivity index (χ3v) is 4.10. The van der Waals surface area contributed by atoms with Crippen LogP contribution in [0, 0.1) is 0 Å². The highest BCUT2D eigenvalue weighted by Crippen LogP contribution is 2.25. The van der Waals surface area contributed by atoms with Gasteiger partial charge >= 0.3 is 6.09 Å². The standard InChI is InChI=1S/C19H22N4O5/c1-4-9-22(19(24)25)17-11-23-16(20-17)7-8-18(21-23)28-12-13-10-14(26-2)5-6-15(13)27-3/h5-8,10-11H,4,9,12H2,1-3H3,(H,24,25). The molecule has 0 unspecified atom stereocenters. The maximum Gasteiger partial charge on any atom is 0.413 e. The minimum atomic E-state index is -1.05. The Labute approximate surface area is 162 Å². The van der Waals surface area contributed by atoms with Crippen molar-refractivity contribution in [1.29, 1.82) is 0 Å². The van der Waals surface area contributed by atoms with E-state index in [0.717, 1.165) is 5.56 Å². The summed E-state index contributed by atoms with van der Waals surface area (Å²) in [6.07, 6.45) is 1.20. The van der Waals surface area contributed by atoms with Crippen molar-refractivity contribution in [3.05, 3.63) is 42.1 Å². The quantitative estimate of drug-likeness (QED) is 0.635. The topological polar surface area (TPSA) is 98.4 Å². The number of methoxy groups -OCH3 is 2. The predicted octanol–water partition coefficient (Wildman–Crippen LogP) is 3.22. The summed E-state index contributed by atoms with van der Waals surface area (Å²) in [5.41, 5.74) is 1.35. The third kappa shape index (κ3) is 4.08. The van der Waals surface area contributed by atoms with Crippen molar-refractivity contribution in [2.45, 2.75) is 20.0 Å². The van der Waals surface area contributed by atoms with Gasteiger partial charge in [0, 0.05) is 18.2 Å². The number of anilines is 1. The summed E-state index contributed by atoms with van der Waals surface area (Å²) in [6, 6.07) is 8.86. The predicted molar refractivity (Wildman–Crippen MR) is 103 cm³/mol. The number of fused-ring (bicyclic) bond motifs is 1. The van der Waals surface area contributed by atoms with Crippen molar-refractivity contribution in [3.8, 4) is 17.4 Å². The van der Waals surface area contributed by atoms with Gasteiger partial charge in [-0.1, -0.05) is 6.92 Å². The van der Waals surface area contributed by atoms with Crippen LogP contribution in [-0.4, -0.2) is 46.6 Å². The number of carboxylic acid groups (broad SMARTS) is 1. The summed E-state index contributed by atoms with van der Waals surface area (Å²) in [5, 5.41) is 13.7. The molecule has 3 aromatic rings. The Morgan fingerprint density at radius 1 is 1.21 bits per heavy atom. The first kappa shape index (κ1) is 19.3. The van der Waals surface area contributed by atoms with Crippen molar-refractivity contribution < 1.29 is 24.1 Å². The van der Waals surface area contributed by atoms with Crippen molar-refractivity contribution in [1.82, 2.24) is 14.6 Å². The van der Waals surface area contributed by atoms with Crippen molar-refractivity contribution in [2.75, 3.05) is 25.7 Å². The van der Waals surface area contributed by atoms with E-state index in [-0.39, 0.29) is 6.61 Å². The number of amides is 1. The molecule has 0 saturated carbocycles. The van der Waals surface area contributed by atoms with Gasteiger partial charge in [0.05, 0.1) is 20.4 Å². The van der Waals surface area contributed by atoms with Gasteiger partial charge in [-0.2, -0.15) is 0 Å². The number of benzene rings is 1. The molecular weight excluding hydrogens is 364 g/mol. The normalized spacial score (nSPS) is 10.7. The van der Waals surface area contributed by atoms with Crippen LogP contribution in [0.2, 0.25) is 0 Å². The lowest BCUT2D eigenvalue weighted by Crippen LogP contribution is -2.30. The molecular formula is C19H22N4O5. The van der Waals surface area contributed by atoms with Crippen molar-refractivity contribution in [3.63, 3.8) is 0 Å². The molecule has 1 aromatic carbocycles. The summed E-state index contributed by atoms with van der Waals surface area (Å²) in [6.45, 7) is 2.50. The molecule has 0 aliphatic heterocycles. The van der Waals surface area contributed by atoms with Crippen LogP contribution >= 0.6 is 0 Å². The molecule has 0 saturated heterocycles. The summed E-state index contributed by atoms with van der Waals surface area (Å²) in [5.74, 6) is 2.09. The Hall–Kier alpha value is -3.49. The largest absolute Gasteiger partial charge is 0.497 e. The van der Waals surface area contributed by atoms with Crippen LogP contribution < -0.4 is 19.1 Å². The van der Waals surface area contributed by atoms with Crippen molar-refractivity contribution >= 4 is 17.6 Å². The van der Waals surface area contributed by atoms with Crippen LogP contribution in [0.25, 0.3) is 5.65 Å². The van der Waals surface area contributed by atoms with E-state index in [9.17, 15) is 9.90 Å². The van der Waals surface area contributed by atoms with Crippen LogP contribution in [0.1, 0.15) is 18.9 Å². The smallest absolute Gasteiger partial charge is 0.413 e. The Balaban J connectivity index is 1.80. The van der Waals surface area contributed by atoms with Crippen LogP contribution in [-0.2, 0) is 6.61 Å². The summed E-state index contributed by atoms with van der Waals surface area (Å²) >= 11 is 0. The minimum absolute atomic E-state index is 0.234. The maximum absolute atomic E-state index is 11.4. The lowest BCUT2D eigenvalue weighted by molar-refractivity contribution is 0.201. The number of ether oxygens (including phenoxy) is 3. The molecule has 28 heavy (non-hydrogen) atoms. The zero-order chi connectivity index (χ0) is 20.1. The maximum atomic E-state index is 11.4. The molecule has 0 radical (unpaired) electrons. The van der Waals surface area contributed by atoms with Crippen molar-refractivity contribution in [2.24, 2.45) is 0 Å². The van der Waals surface area contributed by atoms with Crippen LogP contribution in [0.4, 0.5) is 10.6 Å². The second-order valence-corrected chi connectivity index (χ2v) is 5.97. The van der Waals surface area contributed by atoms with Gasteiger partial charge in [0.2, 0.25) is 5.88 Å². The molecule has 2 heterocycles. The number of aromatic nitrogens is 3. The number of imidazole rings is 1. The first-order valence-electron chi connectivity index (χ1n) is 8.76. The second kappa shape index (κ2) is 8.47. The number of nitrogens with zero attached hydrogens (tertiary/aromatic N) is 4. The fraction of sp³-hybridized carbons (Fsp3) is 0.316. The molecule has 1 amide bonds. The van der Waals surface area contributed by atoms with Gasteiger partial charge in [-0.3, -0.25) is 4.90 Å². The van der Waals surface area contributed by atoms with Gasteiger partial charge < -0.3 is 19.3 Å². The van der Waals surface area contributed by atoms with E-state index in [1.807, 2.05) is 25.1 Å².